The number of rotatable bonds is 2. The number of hydrogen-bond acceptors (Lipinski definition) is 1. The van der Waals surface area contributed by atoms with Crippen molar-refractivity contribution in [2.75, 3.05) is 0 Å². The van der Waals surface area contributed by atoms with Gasteiger partial charge in [-0.05, 0) is 30.1 Å². The van der Waals surface area contributed by atoms with Crippen LogP contribution in [0.4, 0.5) is 0 Å². The molecule has 0 saturated carbocycles. The first-order valence-electron chi connectivity index (χ1n) is 5.88. The maximum Gasteiger partial charge on any atom is 0.224 e. The van der Waals surface area contributed by atoms with Crippen LogP contribution >= 0.6 is 0 Å². The van der Waals surface area contributed by atoms with Crippen LogP contribution in [0.25, 0.3) is 0 Å². The summed E-state index contributed by atoms with van der Waals surface area (Å²) < 4.78 is 0. The molecule has 0 radical (unpaired) electrons. The van der Waals surface area contributed by atoms with Crippen molar-refractivity contribution in [3.05, 3.63) is 47.2 Å². The molecule has 0 fully saturated rings. The normalized spacial score (nSPS) is 27.1. The first-order valence-corrected chi connectivity index (χ1v) is 5.88. The molecule has 0 aromatic rings. The van der Waals surface area contributed by atoms with Gasteiger partial charge in [0, 0.05) is 12.1 Å². The van der Waals surface area contributed by atoms with Gasteiger partial charge in [-0.15, -0.1) is 0 Å². The van der Waals surface area contributed by atoms with Gasteiger partial charge in [-0.25, -0.2) is 0 Å². The molecule has 0 bridgehead atoms. The van der Waals surface area contributed by atoms with Crippen molar-refractivity contribution in [1.29, 1.82) is 0 Å². The van der Waals surface area contributed by atoms with E-state index < -0.39 is 0 Å². The third kappa shape index (κ3) is 2.51. The minimum absolute atomic E-state index is 0.124. The smallest absolute Gasteiger partial charge is 0.224 e. The van der Waals surface area contributed by atoms with Crippen LogP contribution in [-0.4, -0.2) is 5.91 Å². The van der Waals surface area contributed by atoms with Crippen LogP contribution in [0.3, 0.4) is 0 Å². The number of carbonyl (C=O) groups is 1. The zero-order valence-corrected chi connectivity index (χ0v) is 9.62. The summed E-state index contributed by atoms with van der Waals surface area (Å²) in [6.45, 7) is 2.18. The van der Waals surface area contributed by atoms with E-state index in [0.29, 0.717) is 6.42 Å². The molecule has 1 aliphatic heterocycles. The van der Waals surface area contributed by atoms with Gasteiger partial charge in [-0.2, -0.15) is 0 Å². The molecule has 2 aliphatic rings. The fourth-order valence-electron chi connectivity index (χ4n) is 2.02. The van der Waals surface area contributed by atoms with Crippen LogP contribution in [0, 0.1) is 0 Å². The molecule has 1 N–H and O–H groups in total. The van der Waals surface area contributed by atoms with Gasteiger partial charge < -0.3 is 5.32 Å². The van der Waals surface area contributed by atoms with Gasteiger partial charge in [0.15, 0.2) is 0 Å². The van der Waals surface area contributed by atoms with E-state index in [1.807, 2.05) is 18.2 Å². The summed E-state index contributed by atoms with van der Waals surface area (Å²) in [5, 5.41) is 2.92. The first-order chi connectivity index (χ1) is 7.79. The predicted molar refractivity (Wildman–Crippen MR) is 65.7 cm³/mol. The second-order valence-corrected chi connectivity index (χ2v) is 4.17. The summed E-state index contributed by atoms with van der Waals surface area (Å²) in [6.07, 6.45) is 14.1. The predicted octanol–water partition coefficient (Wildman–Crippen LogP) is 3.00. The quantitative estimate of drug-likeness (QED) is 0.753. The van der Waals surface area contributed by atoms with Crippen molar-refractivity contribution >= 4 is 5.91 Å². The van der Waals surface area contributed by atoms with Crippen molar-refractivity contribution in [1.82, 2.24) is 5.32 Å². The summed E-state index contributed by atoms with van der Waals surface area (Å²) in [7, 11) is 0. The first kappa shape index (κ1) is 10.9. The molecule has 1 aliphatic carbocycles. The molecule has 0 spiro atoms. The number of allylic oxidation sites excluding steroid dienone is 7. The highest BCUT2D eigenvalue weighted by Gasteiger charge is 2.15. The van der Waals surface area contributed by atoms with Crippen LogP contribution in [-0.2, 0) is 4.79 Å². The van der Waals surface area contributed by atoms with E-state index in [2.05, 4.69) is 24.4 Å². The standard InChI is InChI=1S/C14H17NO/c1-2-5-11-6-3-4-7-13-12(10-11)8-9-14(16)15-13/h3-4,6-7,10H,2,5,8-9H2,1H3,(H,15,16)/b4-3?,6-3+,7-4+,11-6?,11-10+,12-10?,13-7?. The van der Waals surface area contributed by atoms with Gasteiger partial charge in [0.1, 0.15) is 0 Å². The zero-order valence-electron chi connectivity index (χ0n) is 9.62. The number of hydrogen-bond donors (Lipinski definition) is 1. The van der Waals surface area contributed by atoms with Gasteiger partial charge in [0.05, 0.1) is 0 Å². The lowest BCUT2D eigenvalue weighted by Gasteiger charge is -2.18. The van der Waals surface area contributed by atoms with Crippen molar-refractivity contribution < 1.29 is 4.79 Å². The molecule has 0 unspecified atom stereocenters. The fraction of sp³-hybridized carbons (Fsp3) is 0.357. The Hall–Kier alpha value is -1.57. The van der Waals surface area contributed by atoms with E-state index in [0.717, 1.165) is 25.0 Å². The Bertz CT molecular complexity index is 410. The molecular formula is C14H17NO. The third-order valence-electron chi connectivity index (χ3n) is 2.82. The molecule has 0 saturated heterocycles. The fourth-order valence-corrected chi connectivity index (χ4v) is 2.02. The monoisotopic (exact) mass is 215 g/mol. The van der Waals surface area contributed by atoms with Crippen molar-refractivity contribution in [3.8, 4) is 0 Å². The van der Waals surface area contributed by atoms with Gasteiger partial charge >= 0.3 is 0 Å². The van der Waals surface area contributed by atoms with Gasteiger partial charge in [-0.1, -0.05) is 37.6 Å². The van der Waals surface area contributed by atoms with Crippen molar-refractivity contribution in [2.45, 2.75) is 32.6 Å². The Kier molecular flexibility index (Phi) is 3.40. The second kappa shape index (κ2) is 4.97. The van der Waals surface area contributed by atoms with Crippen LogP contribution < -0.4 is 5.32 Å². The topological polar surface area (TPSA) is 29.1 Å². The Morgan fingerprint density at radius 1 is 1.25 bits per heavy atom. The lowest BCUT2D eigenvalue weighted by atomic mass is 9.97. The summed E-state index contributed by atoms with van der Waals surface area (Å²) in [5.74, 6) is 0.124. The maximum atomic E-state index is 11.3. The van der Waals surface area contributed by atoms with E-state index in [-0.39, 0.29) is 5.91 Å². The average Bonchev–Trinajstić information content (AvgIpc) is 2.24. The Morgan fingerprint density at radius 2 is 2.06 bits per heavy atom. The number of nitrogens with one attached hydrogen (secondary N) is 1. The lowest BCUT2D eigenvalue weighted by molar-refractivity contribution is -0.120. The highest BCUT2D eigenvalue weighted by Crippen LogP contribution is 2.22. The highest BCUT2D eigenvalue weighted by molar-refractivity contribution is 5.80. The molecule has 16 heavy (non-hydrogen) atoms. The van der Waals surface area contributed by atoms with Crippen molar-refractivity contribution in [3.63, 3.8) is 0 Å². The molecule has 2 rings (SSSR count). The molecule has 1 heterocycles. The molecule has 84 valence electrons. The summed E-state index contributed by atoms with van der Waals surface area (Å²) in [6, 6.07) is 0. The minimum atomic E-state index is 0.124. The van der Waals surface area contributed by atoms with Crippen LogP contribution in [0.5, 0.6) is 0 Å². The van der Waals surface area contributed by atoms with Crippen LogP contribution in [0.2, 0.25) is 0 Å². The van der Waals surface area contributed by atoms with Crippen LogP contribution in [0.1, 0.15) is 32.6 Å². The molecular weight excluding hydrogens is 198 g/mol. The Balaban J connectivity index is 2.30. The Morgan fingerprint density at radius 3 is 2.88 bits per heavy atom. The highest BCUT2D eigenvalue weighted by atomic mass is 16.1. The molecule has 0 aromatic carbocycles. The average molecular weight is 215 g/mol. The number of amides is 1. The minimum Gasteiger partial charge on any atom is -0.326 e. The van der Waals surface area contributed by atoms with E-state index in [1.165, 1.54) is 11.1 Å². The van der Waals surface area contributed by atoms with Crippen LogP contribution in [0.15, 0.2) is 47.2 Å². The molecule has 1 amide bonds. The largest absolute Gasteiger partial charge is 0.326 e. The van der Waals surface area contributed by atoms with E-state index in [1.54, 1.807) is 0 Å². The summed E-state index contributed by atoms with van der Waals surface area (Å²) >= 11 is 0. The van der Waals surface area contributed by atoms with Gasteiger partial charge in [-0.3, -0.25) is 4.79 Å². The van der Waals surface area contributed by atoms with Gasteiger partial charge in [0.2, 0.25) is 5.91 Å². The van der Waals surface area contributed by atoms with E-state index >= 15 is 0 Å². The lowest BCUT2D eigenvalue weighted by Crippen LogP contribution is -2.26. The van der Waals surface area contributed by atoms with E-state index in [9.17, 15) is 4.79 Å². The molecule has 2 nitrogen and oxygen atoms in total. The van der Waals surface area contributed by atoms with Gasteiger partial charge in [0.25, 0.3) is 0 Å². The zero-order chi connectivity index (χ0) is 11.4. The third-order valence-corrected chi connectivity index (χ3v) is 2.82. The molecule has 2 heteroatoms. The Labute approximate surface area is 96.4 Å². The van der Waals surface area contributed by atoms with Crippen molar-refractivity contribution in [2.24, 2.45) is 0 Å². The SMILES string of the molecule is CCCC1=C/C2=C(/C=C/C=C/1)NC(=O)CC2. The maximum absolute atomic E-state index is 11.3. The molecule has 0 aromatic heterocycles. The number of carbonyl (C=O) groups excluding carboxylic acids is 1. The van der Waals surface area contributed by atoms with E-state index in [4.69, 9.17) is 0 Å². The summed E-state index contributed by atoms with van der Waals surface area (Å²) in [4.78, 5) is 11.3. The molecule has 0 atom stereocenters. The second-order valence-electron chi connectivity index (χ2n) is 4.17. The summed E-state index contributed by atoms with van der Waals surface area (Å²) in [5.41, 5.74) is 3.56.